The minimum Gasteiger partial charge on any atom is -0.381 e. The van der Waals surface area contributed by atoms with Crippen LogP contribution in [-0.2, 0) is 6.42 Å². The second-order valence-corrected chi connectivity index (χ2v) is 6.45. The first-order valence-electron chi connectivity index (χ1n) is 8.03. The molecule has 3 heteroatoms. The highest BCUT2D eigenvalue weighted by Crippen LogP contribution is 2.42. The standard InChI is InChI=1S/C19H22N2O/c1-3-14-12-21-10-8-16-15-6-4-5-7-17(15)20-18(16)13(2)19(14,22)9-11-21/h3-7,20,22H,2,8-12H2,1H3/b14-3-. The highest BCUT2D eigenvalue weighted by atomic mass is 16.3. The fourth-order valence-corrected chi connectivity index (χ4v) is 3.99. The van der Waals surface area contributed by atoms with Gasteiger partial charge < -0.3 is 10.1 Å². The number of H-pyrrole nitrogens is 1. The van der Waals surface area contributed by atoms with Crippen LogP contribution in [0.25, 0.3) is 16.5 Å². The zero-order valence-corrected chi connectivity index (χ0v) is 13.0. The van der Waals surface area contributed by atoms with Crippen molar-refractivity contribution in [3.05, 3.63) is 53.8 Å². The number of para-hydroxylation sites is 1. The summed E-state index contributed by atoms with van der Waals surface area (Å²) in [4.78, 5) is 5.95. The fraction of sp³-hybridized carbons (Fsp3) is 0.368. The molecule has 3 aliphatic heterocycles. The average molecular weight is 294 g/mol. The Bertz CT molecular complexity index is 786. The minimum atomic E-state index is -0.911. The molecular weight excluding hydrogens is 272 g/mol. The number of benzene rings is 1. The van der Waals surface area contributed by atoms with Gasteiger partial charge in [0.1, 0.15) is 5.60 Å². The summed E-state index contributed by atoms with van der Waals surface area (Å²) in [6, 6.07) is 8.38. The first kappa shape index (κ1) is 13.8. The van der Waals surface area contributed by atoms with Gasteiger partial charge in [0.2, 0.25) is 0 Å². The number of aromatic amines is 1. The van der Waals surface area contributed by atoms with E-state index < -0.39 is 5.60 Å². The number of aliphatic hydroxyl groups is 1. The Morgan fingerprint density at radius 2 is 2.14 bits per heavy atom. The second kappa shape index (κ2) is 4.83. The molecule has 22 heavy (non-hydrogen) atoms. The third-order valence-electron chi connectivity index (χ3n) is 5.36. The highest BCUT2D eigenvalue weighted by molar-refractivity contribution is 5.91. The number of fused-ring (bicyclic) bond motifs is 4. The lowest BCUT2D eigenvalue weighted by atomic mass is 9.79. The highest BCUT2D eigenvalue weighted by Gasteiger charge is 2.41. The smallest absolute Gasteiger partial charge is 0.114 e. The maximum Gasteiger partial charge on any atom is 0.114 e. The molecule has 0 spiro atoms. The van der Waals surface area contributed by atoms with E-state index in [1.807, 2.05) is 13.0 Å². The van der Waals surface area contributed by atoms with Gasteiger partial charge in [-0.25, -0.2) is 0 Å². The zero-order valence-electron chi connectivity index (χ0n) is 13.0. The Morgan fingerprint density at radius 1 is 1.32 bits per heavy atom. The average Bonchev–Trinajstić information content (AvgIpc) is 2.93. The summed E-state index contributed by atoms with van der Waals surface area (Å²) in [5, 5.41) is 12.6. The van der Waals surface area contributed by atoms with Gasteiger partial charge >= 0.3 is 0 Å². The van der Waals surface area contributed by atoms with Gasteiger partial charge in [-0.15, -0.1) is 0 Å². The minimum absolute atomic E-state index is 0.723. The van der Waals surface area contributed by atoms with Crippen LogP contribution in [0.4, 0.5) is 0 Å². The SMILES string of the molecule is C=C1c2[nH]c3ccccc3c2CCN2CCC1(O)/C(=C\C)C2. The zero-order chi connectivity index (χ0) is 15.3. The van der Waals surface area contributed by atoms with Crippen LogP contribution in [0.15, 0.2) is 42.5 Å². The monoisotopic (exact) mass is 294 g/mol. The summed E-state index contributed by atoms with van der Waals surface area (Å²) in [5.74, 6) is 0. The molecule has 0 aliphatic carbocycles. The molecule has 2 atom stereocenters. The van der Waals surface area contributed by atoms with Gasteiger partial charge in [0.05, 0.1) is 0 Å². The molecule has 1 saturated heterocycles. The Hall–Kier alpha value is -1.84. The maximum atomic E-state index is 11.3. The maximum absolute atomic E-state index is 11.3. The lowest BCUT2D eigenvalue weighted by molar-refractivity contribution is 0.0788. The van der Waals surface area contributed by atoms with E-state index in [0.29, 0.717) is 0 Å². The Morgan fingerprint density at radius 3 is 2.95 bits per heavy atom. The predicted octanol–water partition coefficient (Wildman–Crippen LogP) is 3.12. The van der Waals surface area contributed by atoms with Crippen molar-refractivity contribution in [1.82, 2.24) is 9.88 Å². The molecule has 2 unspecified atom stereocenters. The van der Waals surface area contributed by atoms with Gasteiger partial charge in [-0.05, 0) is 37.0 Å². The third-order valence-corrected chi connectivity index (χ3v) is 5.36. The molecule has 0 amide bonds. The van der Waals surface area contributed by atoms with Crippen molar-refractivity contribution in [2.24, 2.45) is 0 Å². The van der Waals surface area contributed by atoms with Gasteiger partial charge in [0.25, 0.3) is 0 Å². The molecule has 1 aromatic carbocycles. The fourth-order valence-electron chi connectivity index (χ4n) is 3.99. The number of nitrogens with one attached hydrogen (secondary N) is 1. The Balaban J connectivity index is 1.96. The van der Waals surface area contributed by atoms with Crippen LogP contribution in [0, 0.1) is 0 Å². The second-order valence-electron chi connectivity index (χ2n) is 6.45. The molecule has 1 aromatic heterocycles. The van der Waals surface area contributed by atoms with Crippen LogP contribution in [0.2, 0.25) is 0 Å². The van der Waals surface area contributed by atoms with Crippen LogP contribution in [-0.4, -0.2) is 40.2 Å². The molecule has 2 N–H and O–H groups in total. The number of aromatic nitrogens is 1. The predicted molar refractivity (Wildman–Crippen MR) is 90.8 cm³/mol. The molecule has 114 valence electrons. The molecular formula is C19H22N2O. The third kappa shape index (κ3) is 1.82. The molecule has 5 rings (SSSR count). The number of piperidine rings is 1. The Labute approximate surface area is 130 Å². The quantitative estimate of drug-likeness (QED) is 0.733. The van der Waals surface area contributed by atoms with E-state index in [4.69, 9.17) is 0 Å². The van der Waals surface area contributed by atoms with Crippen LogP contribution < -0.4 is 0 Å². The number of hydrogen-bond donors (Lipinski definition) is 2. The van der Waals surface area contributed by atoms with Crippen molar-refractivity contribution in [2.45, 2.75) is 25.4 Å². The van der Waals surface area contributed by atoms with E-state index in [2.05, 4.69) is 40.7 Å². The van der Waals surface area contributed by atoms with E-state index in [9.17, 15) is 5.11 Å². The Kier molecular flexibility index (Phi) is 3.03. The van der Waals surface area contributed by atoms with Crippen LogP contribution >= 0.6 is 0 Å². The van der Waals surface area contributed by atoms with Gasteiger partial charge in [-0.2, -0.15) is 0 Å². The van der Waals surface area contributed by atoms with Gasteiger partial charge in [-0.1, -0.05) is 30.9 Å². The summed E-state index contributed by atoms with van der Waals surface area (Å²) < 4.78 is 0. The van der Waals surface area contributed by atoms with Gasteiger partial charge in [0.15, 0.2) is 0 Å². The summed E-state index contributed by atoms with van der Waals surface area (Å²) in [7, 11) is 0. The first-order chi connectivity index (χ1) is 10.6. The molecule has 3 nitrogen and oxygen atoms in total. The van der Waals surface area contributed by atoms with Crippen LogP contribution in [0.1, 0.15) is 24.6 Å². The summed E-state index contributed by atoms with van der Waals surface area (Å²) >= 11 is 0. The number of hydrogen-bond acceptors (Lipinski definition) is 2. The van der Waals surface area contributed by atoms with Crippen molar-refractivity contribution in [3.8, 4) is 0 Å². The van der Waals surface area contributed by atoms with E-state index in [0.717, 1.165) is 54.8 Å². The molecule has 3 aliphatic rings. The first-order valence-corrected chi connectivity index (χ1v) is 8.03. The lowest BCUT2D eigenvalue weighted by Gasteiger charge is -2.40. The van der Waals surface area contributed by atoms with Crippen molar-refractivity contribution in [3.63, 3.8) is 0 Å². The normalized spacial score (nSPS) is 30.2. The molecule has 0 saturated carbocycles. The van der Waals surface area contributed by atoms with Crippen LogP contribution in [0.3, 0.4) is 0 Å². The van der Waals surface area contributed by atoms with Crippen molar-refractivity contribution >= 4 is 16.5 Å². The number of allylic oxidation sites excluding steroid dienone is 1. The van der Waals surface area contributed by atoms with Crippen molar-refractivity contribution in [1.29, 1.82) is 0 Å². The van der Waals surface area contributed by atoms with E-state index in [1.54, 1.807) is 0 Å². The van der Waals surface area contributed by atoms with Crippen molar-refractivity contribution in [2.75, 3.05) is 19.6 Å². The lowest BCUT2D eigenvalue weighted by Crippen LogP contribution is -2.46. The molecule has 2 bridgehead atoms. The molecule has 2 aromatic rings. The molecule has 1 fully saturated rings. The summed E-state index contributed by atoms with van der Waals surface area (Å²) in [6.45, 7) is 9.11. The van der Waals surface area contributed by atoms with E-state index in [-0.39, 0.29) is 0 Å². The topological polar surface area (TPSA) is 39.3 Å². The van der Waals surface area contributed by atoms with E-state index in [1.165, 1.54) is 10.9 Å². The van der Waals surface area contributed by atoms with Crippen molar-refractivity contribution < 1.29 is 5.11 Å². The summed E-state index contributed by atoms with van der Waals surface area (Å²) in [5.41, 5.74) is 4.45. The van der Waals surface area contributed by atoms with Gasteiger partial charge in [-0.3, -0.25) is 4.90 Å². The number of rotatable bonds is 0. The number of nitrogens with zero attached hydrogens (tertiary/aromatic N) is 1. The largest absolute Gasteiger partial charge is 0.381 e. The molecule has 0 radical (unpaired) electrons. The summed E-state index contributed by atoms with van der Waals surface area (Å²) in [6.07, 6.45) is 3.77. The van der Waals surface area contributed by atoms with Gasteiger partial charge in [0, 0.05) is 41.8 Å². The molecule has 4 heterocycles. The van der Waals surface area contributed by atoms with Crippen LogP contribution in [0.5, 0.6) is 0 Å². The van der Waals surface area contributed by atoms with E-state index >= 15 is 0 Å².